The van der Waals surface area contributed by atoms with Gasteiger partial charge in [0.1, 0.15) is 72.5 Å². The van der Waals surface area contributed by atoms with E-state index in [1.807, 2.05) is 21.3 Å². The number of carbonyl (C=O) groups is 11. The van der Waals surface area contributed by atoms with Gasteiger partial charge < -0.3 is 120 Å². The molecule has 2 saturated heterocycles. The third-order valence-electron chi connectivity index (χ3n) is 13.9. The van der Waals surface area contributed by atoms with Gasteiger partial charge in [-0.05, 0) is 30.5 Å². The Hall–Kier alpha value is -7.25. The van der Waals surface area contributed by atoms with Crippen molar-refractivity contribution in [2.45, 2.75) is 194 Å². The molecule has 2 aliphatic rings. The molecule has 24 N–H and O–H groups in total. The molecular formula is C52H83N11O23. The predicted octanol–water partition coefficient (Wildman–Crippen LogP) is -9.22. The first-order valence-corrected chi connectivity index (χ1v) is 27.9. The van der Waals surface area contributed by atoms with E-state index in [1.54, 1.807) is 0 Å². The van der Waals surface area contributed by atoms with Crippen LogP contribution in [0, 0.1) is 0 Å². The van der Waals surface area contributed by atoms with Gasteiger partial charge in [-0.15, -0.1) is 0 Å². The van der Waals surface area contributed by atoms with Crippen LogP contribution in [0.25, 0.3) is 0 Å². The highest BCUT2D eigenvalue weighted by atomic mass is 16.7. The Labute approximate surface area is 493 Å². The Morgan fingerprint density at radius 1 is 0.616 bits per heavy atom. The second-order valence-corrected chi connectivity index (χ2v) is 20.9. The minimum Gasteiger partial charge on any atom is -0.508 e. The van der Waals surface area contributed by atoms with Gasteiger partial charge in [0.15, 0.2) is 12.4 Å². The summed E-state index contributed by atoms with van der Waals surface area (Å²) in [5.41, 5.74) is 15.8. The second kappa shape index (κ2) is 36.7. The molecule has 0 aliphatic carbocycles. The maximum atomic E-state index is 14.2. The van der Waals surface area contributed by atoms with E-state index >= 15 is 0 Å². The fourth-order valence-electron chi connectivity index (χ4n) is 9.08. The topological polar surface area (TPSA) is 583 Å². The van der Waals surface area contributed by atoms with Crippen molar-refractivity contribution in [2.75, 3.05) is 26.4 Å². The molecule has 0 saturated carbocycles. The van der Waals surface area contributed by atoms with Crippen LogP contribution < -0.4 is 59.7 Å². The number of phenolic OH excluding ortho intramolecular Hbond substituents is 1. The number of carbonyl (C=O) groups excluding carboxylic acids is 11. The third-order valence-corrected chi connectivity index (χ3v) is 13.9. The maximum Gasteiger partial charge on any atom is 0.248 e. The lowest BCUT2D eigenvalue weighted by molar-refractivity contribution is -0.293. The Morgan fingerprint density at radius 2 is 1.12 bits per heavy atom. The molecule has 86 heavy (non-hydrogen) atoms. The molecule has 34 heteroatoms. The van der Waals surface area contributed by atoms with Crippen molar-refractivity contribution in [2.24, 2.45) is 17.2 Å². The van der Waals surface area contributed by atoms with Gasteiger partial charge in [-0.1, -0.05) is 76.8 Å². The maximum absolute atomic E-state index is 14.2. The highest BCUT2D eigenvalue weighted by Gasteiger charge is 2.43. The zero-order valence-electron chi connectivity index (χ0n) is 47.3. The van der Waals surface area contributed by atoms with Crippen LogP contribution in [0.3, 0.4) is 0 Å². The first-order valence-electron chi connectivity index (χ1n) is 27.9. The lowest BCUT2D eigenvalue weighted by atomic mass is 9.94. The number of phenols is 1. The first-order chi connectivity index (χ1) is 40.6. The molecule has 0 aromatic heterocycles. The summed E-state index contributed by atoms with van der Waals surface area (Å²) in [6, 6.07) is -10.6. The zero-order valence-corrected chi connectivity index (χ0v) is 47.3. The molecule has 484 valence electrons. The smallest absolute Gasteiger partial charge is 0.248 e. The second-order valence-electron chi connectivity index (χ2n) is 20.9. The van der Waals surface area contributed by atoms with Gasteiger partial charge in [0.2, 0.25) is 65.0 Å². The molecule has 2 heterocycles. The van der Waals surface area contributed by atoms with Crippen LogP contribution >= 0.6 is 0 Å². The number of benzene rings is 1. The Morgan fingerprint density at radius 3 is 1.67 bits per heavy atom. The summed E-state index contributed by atoms with van der Waals surface area (Å²) in [6.45, 7) is -2.19. The average Bonchev–Trinajstić information content (AvgIpc) is 3.43. The average molecular weight is 1230 g/mol. The van der Waals surface area contributed by atoms with Crippen molar-refractivity contribution in [1.82, 2.24) is 42.5 Å². The predicted molar refractivity (Wildman–Crippen MR) is 292 cm³/mol. The number of hydrogen-bond donors (Lipinski definition) is 21. The number of amides is 11. The molecule has 0 radical (unpaired) electrons. The molecule has 0 bridgehead atoms. The summed E-state index contributed by atoms with van der Waals surface area (Å²) in [5.74, 6) is -15.9. The van der Waals surface area contributed by atoms with Crippen molar-refractivity contribution < 1.29 is 113 Å². The van der Waals surface area contributed by atoms with Crippen LogP contribution in [-0.4, -0.2) is 234 Å². The highest BCUT2D eigenvalue weighted by molar-refractivity contribution is 6.00. The van der Waals surface area contributed by atoms with E-state index in [0.717, 1.165) is 69.2 Å². The molecule has 6 unspecified atom stereocenters. The van der Waals surface area contributed by atoms with Gasteiger partial charge in [-0.25, -0.2) is 0 Å². The summed E-state index contributed by atoms with van der Waals surface area (Å²) < 4.78 is 11.3. The van der Waals surface area contributed by atoms with Crippen LogP contribution in [0.15, 0.2) is 24.3 Å². The number of aliphatic hydroxyl groups excluding tert-OH is 9. The summed E-state index contributed by atoms with van der Waals surface area (Å²) in [4.78, 5) is 147. The van der Waals surface area contributed by atoms with Crippen molar-refractivity contribution in [1.29, 1.82) is 0 Å². The number of ether oxygens (including phenoxy) is 2. The SMILES string of the molecule is CCCCCCCCCCCC(O[C@H]1OC[C@H](O)[C@@H](O)[C@@H]1O)C(O)C(O)CC1CC(=O)N[C@H](CO)C(=O)NC(C(O)c2ccc(O)cc2)C(=O)N[C@H](CC(N)=O)C(=O)NCC(=O)N[C@@H](CC(N)=O)C(=O)N[C@@H](CO)C(=O)N[C@@H]([C@H](O)C(N)=O)C(=O)N1. The van der Waals surface area contributed by atoms with Gasteiger partial charge >= 0.3 is 0 Å². The Balaban J connectivity index is 2.17. The number of aliphatic hydroxyl groups is 9. The molecule has 11 amide bonds. The number of aromatic hydroxyl groups is 1. The van der Waals surface area contributed by atoms with E-state index in [-0.39, 0.29) is 17.7 Å². The summed E-state index contributed by atoms with van der Waals surface area (Å²) in [6.07, 6.45) is -13.7. The van der Waals surface area contributed by atoms with Gasteiger partial charge in [0.05, 0.1) is 51.4 Å². The van der Waals surface area contributed by atoms with Crippen molar-refractivity contribution in [3.05, 3.63) is 29.8 Å². The number of rotatable bonds is 26. The molecule has 2 fully saturated rings. The molecule has 34 nitrogen and oxygen atoms in total. The van der Waals surface area contributed by atoms with E-state index in [2.05, 4.69) is 28.2 Å². The molecule has 1 aromatic carbocycles. The number of nitrogens with two attached hydrogens (primary N) is 3. The van der Waals surface area contributed by atoms with E-state index in [0.29, 0.717) is 12.8 Å². The van der Waals surface area contributed by atoms with E-state index in [9.17, 15) is 104 Å². The van der Waals surface area contributed by atoms with E-state index in [4.69, 9.17) is 26.7 Å². The minimum atomic E-state index is -2.68. The zero-order chi connectivity index (χ0) is 64.4. The molecule has 2 aliphatic heterocycles. The molecule has 16 atom stereocenters. The number of hydrogen-bond acceptors (Lipinski definition) is 23. The number of nitrogens with one attached hydrogen (secondary N) is 8. The molecule has 0 spiro atoms. The fourth-order valence-corrected chi connectivity index (χ4v) is 9.08. The van der Waals surface area contributed by atoms with Crippen LogP contribution in [0.4, 0.5) is 0 Å². The third kappa shape index (κ3) is 23.9. The largest absolute Gasteiger partial charge is 0.508 e. The lowest BCUT2D eigenvalue weighted by Crippen LogP contribution is -2.63. The van der Waals surface area contributed by atoms with Crippen molar-refractivity contribution >= 4 is 65.0 Å². The summed E-state index contributed by atoms with van der Waals surface area (Å²) in [7, 11) is 0. The Kier molecular flexibility index (Phi) is 31.1. The van der Waals surface area contributed by atoms with Gasteiger partial charge in [0, 0.05) is 12.5 Å². The molecule has 1 aromatic rings. The van der Waals surface area contributed by atoms with Gasteiger partial charge in [-0.3, -0.25) is 52.7 Å². The standard InChI is InChI=1S/C52H83N11O23/c1-2-3-4-5-6-7-8-9-10-11-33(86-52-44(77)42(75)32(68)23-85-52)41(74)31(67)16-25-17-36(71)59-29(21-64)48(81)62-38(40(73)24-12-14-26(66)15-13-24)51(84)60-27(18-34(53)69)46(79)56-20-37(72)58-28(19-35(54)70)47(80)61-30(22-65)49(82)63-39(50(83)57-25)43(76)45(55)78/h12-15,25,27-33,38-44,52,64-68,73-77H,2-11,16-23H2,1H3,(H2,53,69)(H2,54,70)(H2,55,78)(H,56,79)(H,57,83)(H,58,72)(H,59,71)(H,60,84)(H,61,80)(H,62,81)(H,63,82)/t25?,27-,28+,29-,30+,31?,32+,33?,38?,39+,40?,41?,42-,43+,44+,52-/m1/s1. The Bertz CT molecular complexity index is 2450. The van der Waals surface area contributed by atoms with Crippen molar-refractivity contribution in [3.63, 3.8) is 0 Å². The minimum absolute atomic E-state index is 0.0549. The summed E-state index contributed by atoms with van der Waals surface area (Å²) in [5, 5.41) is 124. The monoisotopic (exact) mass is 1230 g/mol. The first kappa shape index (κ1) is 73.0. The number of unbranched alkanes of at least 4 members (excludes halogenated alkanes) is 8. The van der Waals surface area contributed by atoms with Gasteiger partial charge in [-0.2, -0.15) is 0 Å². The molecular weight excluding hydrogens is 1150 g/mol. The van der Waals surface area contributed by atoms with E-state index in [1.165, 1.54) is 0 Å². The number of primary amides is 3. The normalized spacial score (nSPS) is 27.3. The quantitative estimate of drug-likeness (QED) is 0.0383. The van der Waals surface area contributed by atoms with Crippen LogP contribution in [0.5, 0.6) is 5.75 Å². The lowest BCUT2D eigenvalue weighted by Gasteiger charge is -2.38. The van der Waals surface area contributed by atoms with Crippen LogP contribution in [0.2, 0.25) is 0 Å². The van der Waals surface area contributed by atoms with Crippen LogP contribution in [0.1, 0.15) is 108 Å². The van der Waals surface area contributed by atoms with Gasteiger partial charge in [0.25, 0.3) is 0 Å². The highest BCUT2D eigenvalue weighted by Crippen LogP contribution is 2.25. The van der Waals surface area contributed by atoms with Crippen molar-refractivity contribution in [3.8, 4) is 5.75 Å². The van der Waals surface area contributed by atoms with Crippen LogP contribution in [-0.2, 0) is 62.2 Å². The van der Waals surface area contributed by atoms with E-state index < -0.39 is 214 Å². The fraction of sp³-hybridized carbons (Fsp3) is 0.673. The summed E-state index contributed by atoms with van der Waals surface area (Å²) >= 11 is 0. The molecule has 3 rings (SSSR count).